The Morgan fingerprint density at radius 2 is 1.71 bits per heavy atom. The third kappa shape index (κ3) is 2.05. The highest BCUT2D eigenvalue weighted by Crippen LogP contribution is 2.36. The molecule has 92 valence electrons. The lowest BCUT2D eigenvalue weighted by molar-refractivity contribution is 0.00578. The molecule has 0 amide bonds. The molecule has 1 aliphatic rings. The minimum atomic E-state index is -0.473. The fourth-order valence-corrected chi connectivity index (χ4v) is 1.75. The van der Waals surface area contributed by atoms with Crippen LogP contribution >= 0.6 is 0 Å². The van der Waals surface area contributed by atoms with E-state index in [-0.39, 0.29) is 17.0 Å². The zero-order chi connectivity index (χ0) is 12.8. The Labute approximate surface area is 102 Å². The monoisotopic (exact) mass is 235 g/mol. The summed E-state index contributed by atoms with van der Waals surface area (Å²) in [6, 6.07) is 1.64. The molecule has 0 spiro atoms. The highest BCUT2D eigenvalue weighted by Gasteiger charge is 2.52. The predicted molar refractivity (Wildman–Crippen MR) is 66.4 cm³/mol. The average molecular weight is 235 g/mol. The average Bonchev–Trinajstić information content (AvgIpc) is 2.40. The van der Waals surface area contributed by atoms with E-state index in [2.05, 4.69) is 4.98 Å². The first-order chi connectivity index (χ1) is 7.73. The molecule has 2 heterocycles. The molecule has 17 heavy (non-hydrogen) atoms. The van der Waals surface area contributed by atoms with E-state index in [0.717, 1.165) is 11.2 Å². The van der Waals surface area contributed by atoms with Crippen LogP contribution in [0.4, 0.5) is 0 Å². The summed E-state index contributed by atoms with van der Waals surface area (Å²) in [6.45, 7) is 9.87. The Kier molecular flexibility index (Phi) is 2.71. The first kappa shape index (κ1) is 12.4. The first-order valence-electron chi connectivity index (χ1n) is 5.74. The zero-order valence-corrected chi connectivity index (χ0v) is 10.9. The Hall–Kier alpha value is -1.07. The van der Waals surface area contributed by atoms with Gasteiger partial charge in [-0.25, -0.2) is 0 Å². The Bertz CT molecular complexity index is 429. The highest BCUT2D eigenvalue weighted by molar-refractivity contribution is 6.62. The van der Waals surface area contributed by atoms with Crippen LogP contribution in [0.2, 0.25) is 0 Å². The highest BCUT2D eigenvalue weighted by atomic mass is 16.7. The smallest absolute Gasteiger partial charge is 0.496 e. The van der Waals surface area contributed by atoms with E-state index < -0.39 is 7.12 Å². The molecule has 0 atom stereocenters. The molecule has 0 radical (unpaired) electrons. The van der Waals surface area contributed by atoms with Gasteiger partial charge in [-0.2, -0.15) is 0 Å². The summed E-state index contributed by atoms with van der Waals surface area (Å²) >= 11 is 0. The lowest BCUT2D eigenvalue weighted by Crippen LogP contribution is -2.41. The van der Waals surface area contributed by atoms with Gasteiger partial charge < -0.3 is 14.4 Å². The Morgan fingerprint density at radius 3 is 2.24 bits per heavy atom. The standard InChI is InChI=1S/C12H18BNO3/c1-8-10(6-9(15)7-14-8)13-16-11(2,3)12(4,5)17-13/h6-7,15H,1-5H3. The van der Waals surface area contributed by atoms with Gasteiger partial charge in [-0.15, -0.1) is 0 Å². The normalized spacial score (nSPS) is 21.8. The quantitative estimate of drug-likeness (QED) is 0.747. The van der Waals surface area contributed by atoms with Crippen LogP contribution in [0.3, 0.4) is 0 Å². The summed E-state index contributed by atoms with van der Waals surface area (Å²) < 4.78 is 11.8. The summed E-state index contributed by atoms with van der Waals surface area (Å²) in [5.41, 5.74) is 0.829. The van der Waals surface area contributed by atoms with Crippen molar-refractivity contribution < 1.29 is 14.4 Å². The van der Waals surface area contributed by atoms with E-state index >= 15 is 0 Å². The van der Waals surface area contributed by atoms with Crippen LogP contribution in [0.25, 0.3) is 0 Å². The van der Waals surface area contributed by atoms with Crippen molar-refractivity contribution in [3.8, 4) is 5.75 Å². The van der Waals surface area contributed by atoms with Crippen molar-refractivity contribution in [2.45, 2.75) is 45.8 Å². The molecule has 1 aliphatic heterocycles. The van der Waals surface area contributed by atoms with Crippen molar-refractivity contribution in [3.05, 3.63) is 18.0 Å². The van der Waals surface area contributed by atoms with Gasteiger partial charge in [-0.05, 0) is 40.7 Å². The second kappa shape index (κ2) is 3.72. The molecule has 0 aliphatic carbocycles. The van der Waals surface area contributed by atoms with E-state index in [9.17, 15) is 5.11 Å². The second-order valence-corrected chi connectivity index (χ2v) is 5.46. The molecule has 4 nitrogen and oxygen atoms in total. The molecule has 1 saturated heterocycles. The number of nitrogens with zero attached hydrogens (tertiary/aromatic N) is 1. The number of hydrogen-bond donors (Lipinski definition) is 1. The molecule has 1 fully saturated rings. The molecule has 1 aromatic rings. The van der Waals surface area contributed by atoms with Crippen molar-refractivity contribution in [1.29, 1.82) is 0 Å². The Balaban J connectivity index is 2.35. The minimum absolute atomic E-state index is 0.125. The largest absolute Gasteiger partial charge is 0.506 e. The summed E-state index contributed by atoms with van der Waals surface area (Å²) in [4.78, 5) is 4.11. The maximum absolute atomic E-state index is 9.48. The van der Waals surface area contributed by atoms with Gasteiger partial charge >= 0.3 is 7.12 Å². The number of aromatic nitrogens is 1. The van der Waals surface area contributed by atoms with Crippen molar-refractivity contribution in [2.24, 2.45) is 0 Å². The molecule has 0 saturated carbocycles. The van der Waals surface area contributed by atoms with Gasteiger partial charge in [0, 0.05) is 11.2 Å². The molecule has 5 heteroatoms. The molecule has 2 rings (SSSR count). The van der Waals surface area contributed by atoms with Crippen LogP contribution in [0.1, 0.15) is 33.4 Å². The van der Waals surface area contributed by atoms with Gasteiger partial charge in [0.1, 0.15) is 5.75 Å². The maximum Gasteiger partial charge on any atom is 0.496 e. The third-order valence-electron chi connectivity index (χ3n) is 3.62. The number of pyridine rings is 1. The first-order valence-corrected chi connectivity index (χ1v) is 5.74. The summed E-state index contributed by atoms with van der Waals surface area (Å²) in [6.07, 6.45) is 1.42. The number of aromatic hydroxyl groups is 1. The lowest BCUT2D eigenvalue weighted by atomic mass is 9.78. The van der Waals surface area contributed by atoms with Crippen molar-refractivity contribution in [1.82, 2.24) is 4.98 Å². The fraction of sp³-hybridized carbons (Fsp3) is 0.583. The van der Waals surface area contributed by atoms with Gasteiger partial charge in [0.15, 0.2) is 0 Å². The maximum atomic E-state index is 9.48. The molecule has 1 aromatic heterocycles. The van der Waals surface area contributed by atoms with Crippen LogP contribution in [0.15, 0.2) is 12.3 Å². The molecule has 1 N–H and O–H groups in total. The Morgan fingerprint density at radius 1 is 1.18 bits per heavy atom. The van der Waals surface area contributed by atoms with Crippen LogP contribution in [-0.2, 0) is 9.31 Å². The molecular formula is C12H18BNO3. The number of rotatable bonds is 1. The van der Waals surface area contributed by atoms with E-state index in [0.29, 0.717) is 0 Å². The third-order valence-corrected chi connectivity index (χ3v) is 3.62. The van der Waals surface area contributed by atoms with Gasteiger partial charge in [0.25, 0.3) is 0 Å². The van der Waals surface area contributed by atoms with E-state index in [1.807, 2.05) is 34.6 Å². The zero-order valence-electron chi connectivity index (χ0n) is 10.9. The topological polar surface area (TPSA) is 51.6 Å². The fourth-order valence-electron chi connectivity index (χ4n) is 1.75. The van der Waals surface area contributed by atoms with Gasteiger partial charge in [0.05, 0.1) is 17.4 Å². The van der Waals surface area contributed by atoms with Crippen LogP contribution in [-0.4, -0.2) is 28.4 Å². The van der Waals surface area contributed by atoms with E-state index in [4.69, 9.17) is 9.31 Å². The van der Waals surface area contributed by atoms with Crippen molar-refractivity contribution in [3.63, 3.8) is 0 Å². The van der Waals surface area contributed by atoms with Crippen LogP contribution in [0, 0.1) is 6.92 Å². The second-order valence-electron chi connectivity index (χ2n) is 5.46. The van der Waals surface area contributed by atoms with Gasteiger partial charge in [-0.1, -0.05) is 0 Å². The van der Waals surface area contributed by atoms with E-state index in [1.165, 1.54) is 6.20 Å². The summed E-state index contributed by atoms with van der Waals surface area (Å²) in [5.74, 6) is 0.125. The molecule has 0 bridgehead atoms. The van der Waals surface area contributed by atoms with E-state index in [1.54, 1.807) is 6.07 Å². The molecular weight excluding hydrogens is 217 g/mol. The minimum Gasteiger partial charge on any atom is -0.506 e. The van der Waals surface area contributed by atoms with Crippen molar-refractivity contribution >= 4 is 12.6 Å². The predicted octanol–water partition coefficient (Wildman–Crippen LogP) is 1.39. The molecule has 0 aromatic carbocycles. The summed E-state index contributed by atoms with van der Waals surface area (Å²) in [5, 5.41) is 9.48. The SMILES string of the molecule is Cc1ncc(O)cc1B1OC(C)(C)C(C)(C)O1. The van der Waals surface area contributed by atoms with Gasteiger partial charge in [-0.3, -0.25) is 4.98 Å². The number of aryl methyl sites for hydroxylation is 1. The van der Waals surface area contributed by atoms with Crippen LogP contribution < -0.4 is 5.46 Å². The lowest BCUT2D eigenvalue weighted by Gasteiger charge is -2.32. The van der Waals surface area contributed by atoms with Gasteiger partial charge in [0.2, 0.25) is 0 Å². The van der Waals surface area contributed by atoms with Crippen LogP contribution in [0.5, 0.6) is 5.75 Å². The molecule has 0 unspecified atom stereocenters. The summed E-state index contributed by atoms with van der Waals surface area (Å²) in [7, 11) is -0.473. The van der Waals surface area contributed by atoms with Crippen molar-refractivity contribution in [2.75, 3.05) is 0 Å². The number of hydrogen-bond acceptors (Lipinski definition) is 4.